The summed E-state index contributed by atoms with van der Waals surface area (Å²) in [5, 5.41) is 2.60. The lowest BCUT2D eigenvalue weighted by atomic mass is 10.1. The first-order valence-corrected chi connectivity index (χ1v) is 5.57. The Labute approximate surface area is 90.9 Å². The molecule has 0 amide bonds. The molecular formula is C12H11N2P. The standard InChI is InChI=1S/C12H10.HN2P/c1-3-7-11(8-4-1)12-9-5-2-6-10-12;1-2-3-1/h1-10H;(H,1,2). The molecule has 0 spiro atoms. The Morgan fingerprint density at radius 3 is 1.33 bits per heavy atom. The Bertz CT molecular complexity index is 384. The lowest BCUT2D eigenvalue weighted by molar-refractivity contribution is 1.28. The van der Waals surface area contributed by atoms with Crippen LogP contribution in [0.15, 0.2) is 65.5 Å². The van der Waals surface area contributed by atoms with Crippen molar-refractivity contribution in [2.24, 2.45) is 4.85 Å². The minimum absolute atomic E-state index is 1.04. The van der Waals surface area contributed by atoms with Crippen molar-refractivity contribution in [3.05, 3.63) is 60.7 Å². The summed E-state index contributed by atoms with van der Waals surface area (Å²) >= 11 is 0. The van der Waals surface area contributed by atoms with E-state index >= 15 is 0 Å². The van der Waals surface area contributed by atoms with Crippen molar-refractivity contribution in [1.29, 1.82) is 0 Å². The zero-order chi connectivity index (χ0) is 10.3. The third-order valence-corrected chi connectivity index (χ3v) is 2.18. The minimum Gasteiger partial charge on any atom is -0.157 e. The molecular weight excluding hydrogens is 203 g/mol. The van der Waals surface area contributed by atoms with Crippen LogP contribution in [0.4, 0.5) is 0 Å². The van der Waals surface area contributed by atoms with Crippen LogP contribution in [0.25, 0.3) is 11.1 Å². The zero-order valence-corrected chi connectivity index (χ0v) is 9.06. The van der Waals surface area contributed by atoms with Gasteiger partial charge >= 0.3 is 0 Å². The summed E-state index contributed by atoms with van der Waals surface area (Å²) in [7, 11) is 1.04. The average molecular weight is 214 g/mol. The Balaban J connectivity index is 0.000000244. The van der Waals surface area contributed by atoms with Gasteiger partial charge in [0.05, 0.1) is 0 Å². The van der Waals surface area contributed by atoms with Gasteiger partial charge in [-0.05, 0) is 11.1 Å². The molecule has 1 N–H and O–H groups in total. The maximum atomic E-state index is 3.47. The van der Waals surface area contributed by atoms with Gasteiger partial charge in [-0.15, -0.1) is 5.20 Å². The van der Waals surface area contributed by atoms with Crippen LogP contribution in [0.5, 0.6) is 0 Å². The summed E-state index contributed by atoms with van der Waals surface area (Å²) in [5.41, 5.74) is 2.55. The average Bonchev–Trinajstić information content (AvgIpc) is 3.19. The van der Waals surface area contributed by atoms with Crippen LogP contribution in [0.3, 0.4) is 0 Å². The molecule has 0 aliphatic carbocycles. The fraction of sp³-hybridized carbons (Fsp3) is 0. The van der Waals surface area contributed by atoms with Crippen LogP contribution in [0.1, 0.15) is 0 Å². The minimum atomic E-state index is 1.04. The normalized spacial score (nSPS) is 12.5. The second kappa shape index (κ2) is 5.40. The van der Waals surface area contributed by atoms with Crippen molar-refractivity contribution in [2.45, 2.75) is 0 Å². The van der Waals surface area contributed by atoms with Gasteiger partial charge in [0.1, 0.15) is 8.52 Å². The first-order valence-electron chi connectivity index (χ1n) is 4.72. The smallest absolute Gasteiger partial charge is 0.135 e. The maximum Gasteiger partial charge on any atom is 0.135 e. The van der Waals surface area contributed by atoms with Gasteiger partial charge in [-0.2, -0.15) is 4.85 Å². The van der Waals surface area contributed by atoms with Crippen molar-refractivity contribution in [1.82, 2.24) is 5.20 Å². The van der Waals surface area contributed by atoms with Crippen molar-refractivity contribution in [3.63, 3.8) is 0 Å². The molecule has 0 fully saturated rings. The van der Waals surface area contributed by atoms with E-state index in [1.54, 1.807) is 0 Å². The summed E-state index contributed by atoms with van der Waals surface area (Å²) in [6, 6.07) is 20.8. The van der Waals surface area contributed by atoms with Gasteiger partial charge in [-0.25, -0.2) is 0 Å². The quantitative estimate of drug-likeness (QED) is 0.717. The fourth-order valence-corrected chi connectivity index (χ4v) is 1.26. The first kappa shape index (κ1) is 10.0. The summed E-state index contributed by atoms with van der Waals surface area (Å²) in [4.78, 5) is 3.47. The van der Waals surface area contributed by atoms with Crippen LogP contribution in [0, 0.1) is 0 Å². The molecule has 0 radical (unpaired) electrons. The SMILES string of the molecule is N1=PN1.c1ccc(-c2ccccc2)cc1. The number of hydrogen-bond donors (Lipinski definition) is 1. The van der Waals surface area contributed by atoms with Crippen LogP contribution in [-0.2, 0) is 0 Å². The predicted molar refractivity (Wildman–Crippen MR) is 64.4 cm³/mol. The summed E-state index contributed by atoms with van der Waals surface area (Å²) in [6.07, 6.45) is 0. The van der Waals surface area contributed by atoms with Gasteiger partial charge in [0.25, 0.3) is 0 Å². The van der Waals surface area contributed by atoms with Crippen molar-refractivity contribution in [2.75, 3.05) is 0 Å². The summed E-state index contributed by atoms with van der Waals surface area (Å²) < 4.78 is 0. The van der Waals surface area contributed by atoms with E-state index in [1.165, 1.54) is 11.1 Å². The number of nitrogens with zero attached hydrogens (tertiary/aromatic N) is 1. The highest BCUT2D eigenvalue weighted by atomic mass is 31.1. The first-order chi connectivity index (χ1) is 7.47. The monoisotopic (exact) mass is 214 g/mol. The Morgan fingerprint density at radius 2 is 1.07 bits per heavy atom. The molecule has 0 unspecified atom stereocenters. The lowest BCUT2D eigenvalue weighted by Crippen LogP contribution is -1.73. The van der Waals surface area contributed by atoms with E-state index in [9.17, 15) is 0 Å². The molecule has 2 nitrogen and oxygen atoms in total. The van der Waals surface area contributed by atoms with E-state index in [-0.39, 0.29) is 0 Å². The molecule has 1 aliphatic rings. The molecule has 0 atom stereocenters. The van der Waals surface area contributed by atoms with Crippen LogP contribution in [-0.4, -0.2) is 0 Å². The van der Waals surface area contributed by atoms with E-state index in [1.807, 2.05) is 12.1 Å². The topological polar surface area (TPSA) is 34.3 Å². The zero-order valence-electron chi connectivity index (χ0n) is 8.17. The van der Waals surface area contributed by atoms with E-state index < -0.39 is 0 Å². The molecule has 2 aromatic carbocycles. The highest BCUT2D eigenvalue weighted by Crippen LogP contribution is 2.17. The number of rotatable bonds is 1. The summed E-state index contributed by atoms with van der Waals surface area (Å²) in [5.74, 6) is 0. The third kappa shape index (κ3) is 3.62. The Kier molecular flexibility index (Phi) is 3.61. The van der Waals surface area contributed by atoms with Gasteiger partial charge in [0, 0.05) is 0 Å². The van der Waals surface area contributed by atoms with Crippen molar-refractivity contribution >= 4 is 8.52 Å². The van der Waals surface area contributed by atoms with E-state index in [0.29, 0.717) is 0 Å². The van der Waals surface area contributed by atoms with Gasteiger partial charge < -0.3 is 0 Å². The predicted octanol–water partition coefficient (Wildman–Crippen LogP) is 3.90. The lowest BCUT2D eigenvalue weighted by Gasteiger charge is -1.98. The van der Waals surface area contributed by atoms with Crippen LogP contribution < -0.4 is 5.20 Å². The van der Waals surface area contributed by atoms with Gasteiger partial charge in [-0.1, -0.05) is 60.7 Å². The number of hydrogen-bond acceptors (Lipinski definition) is 2. The summed E-state index contributed by atoms with van der Waals surface area (Å²) in [6.45, 7) is 0. The maximum absolute atomic E-state index is 3.47. The molecule has 74 valence electrons. The van der Waals surface area contributed by atoms with E-state index in [4.69, 9.17) is 0 Å². The second-order valence-corrected chi connectivity index (χ2v) is 3.63. The highest BCUT2D eigenvalue weighted by Gasteiger charge is 1.91. The van der Waals surface area contributed by atoms with Crippen molar-refractivity contribution < 1.29 is 0 Å². The molecule has 3 rings (SSSR count). The van der Waals surface area contributed by atoms with E-state index in [2.05, 4.69) is 58.6 Å². The van der Waals surface area contributed by atoms with Crippen LogP contribution in [0.2, 0.25) is 0 Å². The molecule has 15 heavy (non-hydrogen) atoms. The second-order valence-electron chi connectivity index (χ2n) is 3.03. The Hall–Kier alpha value is -1.50. The molecule has 0 saturated heterocycles. The molecule has 1 aliphatic heterocycles. The molecule has 1 heterocycles. The molecule has 2 aromatic rings. The number of benzene rings is 2. The largest absolute Gasteiger partial charge is 0.157 e. The van der Waals surface area contributed by atoms with Gasteiger partial charge in [0.15, 0.2) is 0 Å². The van der Waals surface area contributed by atoms with E-state index in [0.717, 1.165) is 8.52 Å². The Morgan fingerprint density at radius 1 is 0.733 bits per heavy atom. The molecule has 0 bridgehead atoms. The highest BCUT2D eigenvalue weighted by molar-refractivity contribution is 7.29. The molecule has 3 heteroatoms. The third-order valence-electron chi connectivity index (χ3n) is 1.98. The van der Waals surface area contributed by atoms with Crippen molar-refractivity contribution in [3.8, 4) is 11.1 Å². The van der Waals surface area contributed by atoms with Crippen LogP contribution >= 0.6 is 8.52 Å². The molecule has 0 saturated carbocycles. The fourth-order valence-electron chi connectivity index (χ4n) is 1.26. The van der Waals surface area contributed by atoms with Gasteiger partial charge in [0.2, 0.25) is 0 Å². The molecule has 0 aromatic heterocycles. The van der Waals surface area contributed by atoms with Gasteiger partial charge in [-0.3, -0.25) is 0 Å². The number of nitrogens with one attached hydrogen (secondary N) is 1.